The van der Waals surface area contributed by atoms with Crippen molar-refractivity contribution in [3.63, 3.8) is 0 Å². The maximum Gasteiger partial charge on any atom is 0.0574 e. The summed E-state index contributed by atoms with van der Waals surface area (Å²) in [6.07, 6.45) is 0.955. The molecule has 0 aliphatic carbocycles. The SMILES string of the molecule is CNC(c1ccc(CCOC)cc1)c1ccc(C)c(Br)c1. The molecule has 2 rings (SSSR count). The van der Waals surface area contributed by atoms with E-state index in [4.69, 9.17) is 4.74 Å². The van der Waals surface area contributed by atoms with Gasteiger partial charge in [0.25, 0.3) is 0 Å². The molecule has 1 unspecified atom stereocenters. The smallest absolute Gasteiger partial charge is 0.0574 e. The molecule has 2 nitrogen and oxygen atoms in total. The van der Waals surface area contributed by atoms with Gasteiger partial charge in [0, 0.05) is 11.6 Å². The summed E-state index contributed by atoms with van der Waals surface area (Å²) >= 11 is 3.61. The molecule has 2 aromatic carbocycles. The zero-order valence-corrected chi connectivity index (χ0v) is 14.4. The van der Waals surface area contributed by atoms with Gasteiger partial charge in [-0.25, -0.2) is 0 Å². The molecule has 0 spiro atoms. The first-order valence-electron chi connectivity index (χ1n) is 7.16. The van der Waals surface area contributed by atoms with Crippen LogP contribution in [0.15, 0.2) is 46.9 Å². The van der Waals surface area contributed by atoms with Gasteiger partial charge in [-0.15, -0.1) is 0 Å². The van der Waals surface area contributed by atoms with Gasteiger partial charge in [-0.05, 0) is 48.7 Å². The molecule has 0 saturated carbocycles. The minimum absolute atomic E-state index is 0.207. The van der Waals surface area contributed by atoms with Crippen LogP contribution in [0.1, 0.15) is 28.3 Å². The highest BCUT2D eigenvalue weighted by Crippen LogP contribution is 2.26. The number of methoxy groups -OCH3 is 1. The third kappa shape index (κ3) is 4.16. The summed E-state index contributed by atoms with van der Waals surface area (Å²) in [7, 11) is 3.73. The largest absolute Gasteiger partial charge is 0.384 e. The van der Waals surface area contributed by atoms with Crippen molar-refractivity contribution in [3.8, 4) is 0 Å². The summed E-state index contributed by atoms with van der Waals surface area (Å²) in [5, 5.41) is 3.40. The maximum atomic E-state index is 5.12. The average Bonchev–Trinajstić information content (AvgIpc) is 2.50. The zero-order valence-electron chi connectivity index (χ0n) is 12.8. The first-order chi connectivity index (χ1) is 10.2. The van der Waals surface area contributed by atoms with Gasteiger partial charge >= 0.3 is 0 Å². The Bertz CT molecular complexity index is 580. The highest BCUT2D eigenvalue weighted by Gasteiger charge is 2.12. The number of ether oxygens (including phenoxy) is 1. The lowest BCUT2D eigenvalue weighted by Gasteiger charge is -2.18. The minimum Gasteiger partial charge on any atom is -0.384 e. The standard InChI is InChI=1S/C18H22BrNO/c1-13-4-7-16(12-17(13)19)18(20-2)15-8-5-14(6-9-15)10-11-21-3/h4-9,12,18,20H,10-11H2,1-3H3. The Hall–Kier alpha value is -1.16. The van der Waals surface area contributed by atoms with E-state index in [0.29, 0.717) is 0 Å². The quantitative estimate of drug-likeness (QED) is 0.842. The third-order valence-corrected chi connectivity index (χ3v) is 4.58. The van der Waals surface area contributed by atoms with Crippen LogP contribution in [-0.4, -0.2) is 20.8 Å². The first-order valence-corrected chi connectivity index (χ1v) is 7.96. The predicted octanol–water partition coefficient (Wildman–Crippen LogP) is 4.26. The fourth-order valence-electron chi connectivity index (χ4n) is 2.41. The predicted molar refractivity (Wildman–Crippen MR) is 91.8 cm³/mol. The molecule has 0 aliphatic rings. The molecule has 1 atom stereocenters. The van der Waals surface area contributed by atoms with Gasteiger partial charge in [0.2, 0.25) is 0 Å². The Morgan fingerprint density at radius 1 is 1.10 bits per heavy atom. The fraction of sp³-hybridized carbons (Fsp3) is 0.333. The molecule has 3 heteroatoms. The molecular weight excluding hydrogens is 326 g/mol. The highest BCUT2D eigenvalue weighted by molar-refractivity contribution is 9.10. The number of rotatable bonds is 6. The molecule has 2 aromatic rings. The molecule has 0 bridgehead atoms. The molecule has 0 saturated heterocycles. The molecular formula is C18H22BrNO. The van der Waals surface area contributed by atoms with Gasteiger partial charge in [0.05, 0.1) is 12.6 Å². The summed E-state index contributed by atoms with van der Waals surface area (Å²) in [5.41, 5.74) is 5.10. The summed E-state index contributed by atoms with van der Waals surface area (Å²) in [4.78, 5) is 0. The van der Waals surface area contributed by atoms with E-state index in [0.717, 1.165) is 17.5 Å². The van der Waals surface area contributed by atoms with Crippen molar-refractivity contribution in [1.82, 2.24) is 5.32 Å². The van der Waals surface area contributed by atoms with Crippen LogP contribution in [0.5, 0.6) is 0 Å². The van der Waals surface area contributed by atoms with Crippen LogP contribution in [0.4, 0.5) is 0 Å². The Kier molecular flexibility index (Phi) is 5.97. The monoisotopic (exact) mass is 347 g/mol. The summed E-state index contributed by atoms with van der Waals surface area (Å²) in [5.74, 6) is 0. The molecule has 0 aliphatic heterocycles. The first kappa shape index (κ1) is 16.2. The molecule has 0 aromatic heterocycles. The maximum absolute atomic E-state index is 5.12. The van der Waals surface area contributed by atoms with Crippen LogP contribution in [0.3, 0.4) is 0 Å². The van der Waals surface area contributed by atoms with E-state index >= 15 is 0 Å². The molecule has 0 radical (unpaired) electrons. The van der Waals surface area contributed by atoms with Crippen LogP contribution < -0.4 is 5.32 Å². The lowest BCUT2D eigenvalue weighted by Crippen LogP contribution is -2.17. The van der Waals surface area contributed by atoms with Crippen LogP contribution in [0.2, 0.25) is 0 Å². The zero-order chi connectivity index (χ0) is 15.2. The van der Waals surface area contributed by atoms with Crippen molar-refractivity contribution in [3.05, 3.63) is 69.2 Å². The van der Waals surface area contributed by atoms with Crippen molar-refractivity contribution in [2.24, 2.45) is 0 Å². The lowest BCUT2D eigenvalue weighted by atomic mass is 9.97. The van der Waals surface area contributed by atoms with E-state index < -0.39 is 0 Å². The van der Waals surface area contributed by atoms with Crippen LogP contribution in [-0.2, 0) is 11.2 Å². The van der Waals surface area contributed by atoms with Gasteiger partial charge in [-0.1, -0.05) is 52.3 Å². The second-order valence-corrected chi connectivity index (χ2v) is 6.07. The van der Waals surface area contributed by atoms with Gasteiger partial charge in [-0.3, -0.25) is 0 Å². The number of aryl methyl sites for hydroxylation is 1. The van der Waals surface area contributed by atoms with Crippen LogP contribution in [0.25, 0.3) is 0 Å². The Labute approximate surface area is 135 Å². The van der Waals surface area contributed by atoms with E-state index in [1.807, 2.05) is 7.05 Å². The molecule has 21 heavy (non-hydrogen) atoms. The van der Waals surface area contributed by atoms with E-state index in [9.17, 15) is 0 Å². The number of nitrogens with one attached hydrogen (secondary N) is 1. The highest BCUT2D eigenvalue weighted by atomic mass is 79.9. The molecule has 1 N–H and O–H groups in total. The van der Waals surface area contributed by atoms with Gasteiger partial charge in [-0.2, -0.15) is 0 Å². The lowest BCUT2D eigenvalue weighted by molar-refractivity contribution is 0.202. The van der Waals surface area contributed by atoms with Gasteiger partial charge in [0.15, 0.2) is 0 Å². The van der Waals surface area contributed by atoms with Crippen molar-refractivity contribution >= 4 is 15.9 Å². The van der Waals surface area contributed by atoms with Crippen LogP contribution >= 0.6 is 15.9 Å². The molecule has 0 fully saturated rings. The number of hydrogen-bond acceptors (Lipinski definition) is 2. The van der Waals surface area contributed by atoms with Crippen LogP contribution in [0, 0.1) is 6.92 Å². The topological polar surface area (TPSA) is 21.3 Å². The van der Waals surface area contributed by atoms with E-state index in [1.54, 1.807) is 7.11 Å². The molecule has 0 amide bonds. The Morgan fingerprint density at radius 2 is 1.76 bits per heavy atom. The van der Waals surface area contributed by atoms with E-state index in [-0.39, 0.29) is 6.04 Å². The van der Waals surface area contributed by atoms with Crippen molar-refractivity contribution < 1.29 is 4.74 Å². The number of hydrogen-bond donors (Lipinski definition) is 1. The minimum atomic E-state index is 0.207. The number of benzene rings is 2. The Balaban J connectivity index is 2.22. The molecule has 0 heterocycles. The summed E-state index contributed by atoms with van der Waals surface area (Å²) in [6, 6.07) is 15.5. The number of halogens is 1. The van der Waals surface area contributed by atoms with Gasteiger partial charge < -0.3 is 10.1 Å². The van der Waals surface area contributed by atoms with Gasteiger partial charge in [0.1, 0.15) is 0 Å². The summed E-state index contributed by atoms with van der Waals surface area (Å²) < 4.78 is 6.27. The normalized spacial score (nSPS) is 12.4. The van der Waals surface area contributed by atoms with Crippen molar-refractivity contribution in [1.29, 1.82) is 0 Å². The fourth-order valence-corrected chi connectivity index (χ4v) is 2.81. The average molecular weight is 348 g/mol. The molecule has 112 valence electrons. The second kappa shape index (κ2) is 7.74. The second-order valence-electron chi connectivity index (χ2n) is 5.21. The van der Waals surface area contributed by atoms with E-state index in [2.05, 4.69) is 70.6 Å². The summed E-state index contributed by atoms with van der Waals surface area (Å²) in [6.45, 7) is 2.87. The van der Waals surface area contributed by atoms with Crippen molar-refractivity contribution in [2.45, 2.75) is 19.4 Å². The van der Waals surface area contributed by atoms with Crippen molar-refractivity contribution in [2.75, 3.05) is 20.8 Å². The van der Waals surface area contributed by atoms with E-state index in [1.165, 1.54) is 22.3 Å². The third-order valence-electron chi connectivity index (χ3n) is 3.73. The Morgan fingerprint density at radius 3 is 2.33 bits per heavy atom.